The highest BCUT2D eigenvalue weighted by atomic mass is 16.6. The monoisotopic (exact) mass is 285 g/mol. The fourth-order valence-corrected chi connectivity index (χ4v) is 1.78. The molecule has 0 fully saturated rings. The summed E-state index contributed by atoms with van der Waals surface area (Å²) in [4.78, 5) is 16.3. The number of aromatic nitrogens is 5. The molecule has 1 amide bonds. The van der Waals surface area contributed by atoms with Crippen molar-refractivity contribution < 1.29 is 9.42 Å². The standard InChI is InChI=1S/C12H11N7O2/c1-6-14-11(17-16-6)7-4-2-3-5-8(7)15-12(20)9-10(13)19-21-18-9/h2-5H,1H3,(H2,13,19)(H,15,20)(H,14,16,17). The molecule has 0 aliphatic rings. The molecule has 0 bridgehead atoms. The Balaban J connectivity index is 1.93. The molecule has 0 saturated carbocycles. The van der Waals surface area contributed by atoms with Crippen LogP contribution in [0.15, 0.2) is 28.9 Å². The lowest BCUT2D eigenvalue weighted by Gasteiger charge is -2.07. The quantitative estimate of drug-likeness (QED) is 0.653. The van der Waals surface area contributed by atoms with Gasteiger partial charge in [0, 0.05) is 5.56 Å². The van der Waals surface area contributed by atoms with Gasteiger partial charge in [-0.15, -0.1) is 0 Å². The lowest BCUT2D eigenvalue weighted by atomic mass is 10.1. The van der Waals surface area contributed by atoms with Crippen LogP contribution in [0, 0.1) is 6.92 Å². The van der Waals surface area contributed by atoms with E-state index in [2.05, 4.69) is 35.4 Å². The molecular weight excluding hydrogens is 274 g/mol. The van der Waals surface area contributed by atoms with Crippen molar-refractivity contribution in [2.75, 3.05) is 11.1 Å². The predicted octanol–water partition coefficient (Wildman–Crippen LogP) is 0.998. The van der Waals surface area contributed by atoms with E-state index in [-0.39, 0.29) is 11.5 Å². The zero-order chi connectivity index (χ0) is 14.8. The average molecular weight is 285 g/mol. The number of anilines is 2. The van der Waals surface area contributed by atoms with Crippen molar-refractivity contribution in [1.82, 2.24) is 25.5 Å². The Labute approximate surface area is 118 Å². The largest absolute Gasteiger partial charge is 0.379 e. The highest BCUT2D eigenvalue weighted by Crippen LogP contribution is 2.25. The van der Waals surface area contributed by atoms with Crippen molar-refractivity contribution in [3.05, 3.63) is 35.8 Å². The lowest BCUT2D eigenvalue weighted by molar-refractivity contribution is 0.101. The Morgan fingerprint density at radius 3 is 2.81 bits per heavy atom. The maximum Gasteiger partial charge on any atom is 0.281 e. The van der Waals surface area contributed by atoms with E-state index in [0.29, 0.717) is 22.9 Å². The van der Waals surface area contributed by atoms with Crippen molar-refractivity contribution in [3.63, 3.8) is 0 Å². The van der Waals surface area contributed by atoms with Crippen molar-refractivity contribution in [3.8, 4) is 11.4 Å². The highest BCUT2D eigenvalue weighted by Gasteiger charge is 2.18. The smallest absolute Gasteiger partial charge is 0.281 e. The first-order valence-electron chi connectivity index (χ1n) is 6.03. The SMILES string of the molecule is Cc1nc(-c2ccccc2NC(=O)c2nonc2N)n[nH]1. The number of aromatic amines is 1. The topological polar surface area (TPSA) is 136 Å². The summed E-state index contributed by atoms with van der Waals surface area (Å²) in [5.41, 5.74) is 6.62. The van der Waals surface area contributed by atoms with Crippen LogP contribution in [-0.4, -0.2) is 31.4 Å². The molecule has 4 N–H and O–H groups in total. The fraction of sp³-hybridized carbons (Fsp3) is 0.0833. The first kappa shape index (κ1) is 12.8. The van der Waals surface area contributed by atoms with Crippen LogP contribution in [0.4, 0.5) is 11.5 Å². The molecule has 0 aliphatic carbocycles. The summed E-state index contributed by atoms with van der Waals surface area (Å²) in [5, 5.41) is 16.3. The number of aryl methyl sites for hydroxylation is 1. The number of nitrogens with zero attached hydrogens (tertiary/aromatic N) is 4. The molecule has 0 atom stereocenters. The van der Waals surface area contributed by atoms with E-state index in [1.807, 2.05) is 6.07 Å². The minimum atomic E-state index is -0.520. The molecular formula is C12H11N7O2. The van der Waals surface area contributed by atoms with E-state index in [4.69, 9.17) is 5.73 Å². The average Bonchev–Trinajstić information content (AvgIpc) is 3.08. The third kappa shape index (κ3) is 2.43. The molecule has 2 aromatic heterocycles. The lowest BCUT2D eigenvalue weighted by Crippen LogP contribution is -2.15. The molecule has 3 rings (SSSR count). The second-order valence-corrected chi connectivity index (χ2v) is 4.24. The van der Waals surface area contributed by atoms with Crippen molar-refractivity contribution >= 4 is 17.4 Å². The van der Waals surface area contributed by atoms with Gasteiger partial charge in [-0.1, -0.05) is 12.1 Å². The summed E-state index contributed by atoms with van der Waals surface area (Å²) in [5.74, 6) is 0.568. The maximum atomic E-state index is 12.1. The Morgan fingerprint density at radius 2 is 2.14 bits per heavy atom. The molecule has 0 radical (unpaired) electrons. The van der Waals surface area contributed by atoms with E-state index in [1.165, 1.54) is 0 Å². The Bertz CT molecular complexity index is 792. The van der Waals surface area contributed by atoms with Gasteiger partial charge in [0.05, 0.1) is 5.69 Å². The second kappa shape index (κ2) is 5.04. The predicted molar refractivity (Wildman–Crippen MR) is 73.2 cm³/mol. The summed E-state index contributed by atoms with van der Waals surface area (Å²) >= 11 is 0. The van der Waals surface area contributed by atoms with Gasteiger partial charge in [0.1, 0.15) is 5.82 Å². The van der Waals surface area contributed by atoms with E-state index >= 15 is 0 Å². The number of nitrogen functional groups attached to an aromatic ring is 1. The van der Waals surface area contributed by atoms with Crippen LogP contribution < -0.4 is 11.1 Å². The minimum absolute atomic E-state index is 0.0706. The van der Waals surface area contributed by atoms with Gasteiger partial charge in [-0.3, -0.25) is 9.89 Å². The van der Waals surface area contributed by atoms with E-state index < -0.39 is 5.91 Å². The van der Waals surface area contributed by atoms with Crippen LogP contribution in [0.5, 0.6) is 0 Å². The number of hydrogen-bond acceptors (Lipinski definition) is 7. The molecule has 106 valence electrons. The van der Waals surface area contributed by atoms with Gasteiger partial charge < -0.3 is 11.1 Å². The number of amides is 1. The number of benzene rings is 1. The minimum Gasteiger partial charge on any atom is -0.379 e. The number of carbonyl (C=O) groups excluding carboxylic acids is 1. The number of nitrogens with two attached hydrogens (primary N) is 1. The van der Waals surface area contributed by atoms with E-state index in [9.17, 15) is 4.79 Å². The summed E-state index contributed by atoms with van der Waals surface area (Å²) < 4.78 is 4.41. The first-order chi connectivity index (χ1) is 10.1. The maximum absolute atomic E-state index is 12.1. The number of carbonyl (C=O) groups is 1. The van der Waals surface area contributed by atoms with E-state index in [0.717, 1.165) is 0 Å². The zero-order valence-electron chi connectivity index (χ0n) is 11.0. The zero-order valence-corrected chi connectivity index (χ0v) is 11.0. The Hall–Kier alpha value is -3.23. The molecule has 21 heavy (non-hydrogen) atoms. The third-order valence-corrected chi connectivity index (χ3v) is 2.74. The van der Waals surface area contributed by atoms with Crippen LogP contribution in [0.3, 0.4) is 0 Å². The van der Waals surface area contributed by atoms with Crippen LogP contribution in [-0.2, 0) is 0 Å². The van der Waals surface area contributed by atoms with Gasteiger partial charge in [-0.05, 0) is 29.4 Å². The van der Waals surface area contributed by atoms with Gasteiger partial charge in [-0.25, -0.2) is 9.61 Å². The van der Waals surface area contributed by atoms with Gasteiger partial charge in [-0.2, -0.15) is 5.10 Å². The van der Waals surface area contributed by atoms with Crippen LogP contribution in [0.25, 0.3) is 11.4 Å². The number of rotatable bonds is 3. The van der Waals surface area contributed by atoms with E-state index in [1.54, 1.807) is 25.1 Å². The normalized spacial score (nSPS) is 10.5. The number of para-hydroxylation sites is 1. The molecule has 2 heterocycles. The molecule has 0 unspecified atom stereocenters. The van der Waals surface area contributed by atoms with Crippen LogP contribution in [0.2, 0.25) is 0 Å². The van der Waals surface area contributed by atoms with Gasteiger partial charge in [0.25, 0.3) is 5.91 Å². The number of H-pyrrole nitrogens is 1. The molecule has 9 nitrogen and oxygen atoms in total. The van der Waals surface area contributed by atoms with Gasteiger partial charge >= 0.3 is 0 Å². The summed E-state index contributed by atoms with van der Waals surface area (Å²) in [6, 6.07) is 7.12. The van der Waals surface area contributed by atoms with Crippen molar-refractivity contribution in [1.29, 1.82) is 0 Å². The number of nitrogens with one attached hydrogen (secondary N) is 2. The summed E-state index contributed by atoms with van der Waals surface area (Å²) in [6.45, 7) is 1.79. The number of hydrogen-bond donors (Lipinski definition) is 3. The van der Waals surface area contributed by atoms with Crippen molar-refractivity contribution in [2.24, 2.45) is 0 Å². The fourth-order valence-electron chi connectivity index (χ4n) is 1.78. The van der Waals surface area contributed by atoms with Gasteiger partial charge in [0.15, 0.2) is 5.82 Å². The molecule has 0 saturated heterocycles. The Kier molecular flexibility index (Phi) is 3.07. The van der Waals surface area contributed by atoms with Crippen molar-refractivity contribution in [2.45, 2.75) is 6.92 Å². The van der Waals surface area contributed by atoms with Crippen LogP contribution >= 0.6 is 0 Å². The third-order valence-electron chi connectivity index (χ3n) is 2.74. The second-order valence-electron chi connectivity index (χ2n) is 4.24. The molecule has 1 aromatic carbocycles. The summed E-state index contributed by atoms with van der Waals surface area (Å²) in [7, 11) is 0. The highest BCUT2D eigenvalue weighted by molar-refractivity contribution is 6.07. The molecule has 3 aromatic rings. The Morgan fingerprint density at radius 1 is 1.33 bits per heavy atom. The first-order valence-corrected chi connectivity index (χ1v) is 6.03. The van der Waals surface area contributed by atoms with Crippen LogP contribution in [0.1, 0.15) is 16.3 Å². The molecule has 0 aliphatic heterocycles. The molecule has 0 spiro atoms. The van der Waals surface area contributed by atoms with Gasteiger partial charge in [0.2, 0.25) is 11.5 Å². The summed E-state index contributed by atoms with van der Waals surface area (Å²) in [6.07, 6.45) is 0. The molecule has 9 heteroatoms.